The Kier molecular flexibility index (Phi) is 5.88. The number of nitriles is 1. The van der Waals surface area contributed by atoms with Gasteiger partial charge in [0.05, 0.1) is 11.5 Å². The Labute approximate surface area is 168 Å². The number of hydrogen-bond acceptors (Lipinski definition) is 5. The van der Waals surface area contributed by atoms with E-state index in [1.807, 2.05) is 6.07 Å². The highest BCUT2D eigenvalue weighted by Crippen LogP contribution is 2.36. The molecule has 10 heteroatoms. The van der Waals surface area contributed by atoms with Gasteiger partial charge in [-0.2, -0.15) is 18.4 Å². The maximum Gasteiger partial charge on any atom is 0.416 e. The predicted molar refractivity (Wildman–Crippen MR) is 99.0 cm³/mol. The lowest BCUT2D eigenvalue weighted by molar-refractivity contribution is -0.143. The van der Waals surface area contributed by atoms with Crippen LogP contribution in [0, 0.1) is 23.2 Å². The third-order valence-corrected chi connectivity index (χ3v) is 5.69. The summed E-state index contributed by atoms with van der Waals surface area (Å²) >= 11 is 0.865. The van der Waals surface area contributed by atoms with Crippen molar-refractivity contribution in [3.63, 3.8) is 0 Å². The molecule has 1 heterocycles. The van der Waals surface area contributed by atoms with Crippen LogP contribution >= 0.6 is 11.3 Å². The van der Waals surface area contributed by atoms with E-state index in [-0.39, 0.29) is 27.7 Å². The third-order valence-electron chi connectivity index (χ3n) is 4.82. The zero-order valence-corrected chi connectivity index (χ0v) is 15.8. The molecule has 1 amide bonds. The number of halogens is 3. The highest BCUT2D eigenvalue weighted by molar-refractivity contribution is 7.16. The van der Waals surface area contributed by atoms with Gasteiger partial charge in [0.15, 0.2) is 5.13 Å². The Bertz CT molecular complexity index is 981. The van der Waals surface area contributed by atoms with Crippen molar-refractivity contribution in [3.8, 4) is 17.3 Å². The van der Waals surface area contributed by atoms with E-state index in [2.05, 4.69) is 10.3 Å². The lowest BCUT2D eigenvalue weighted by Crippen LogP contribution is -2.30. The summed E-state index contributed by atoms with van der Waals surface area (Å²) in [4.78, 5) is 27.9. The van der Waals surface area contributed by atoms with E-state index >= 15 is 0 Å². The molecule has 0 unspecified atom stereocenters. The number of carbonyl (C=O) groups excluding carboxylic acids is 1. The first kappa shape index (κ1) is 20.8. The smallest absolute Gasteiger partial charge is 0.416 e. The molecule has 6 nitrogen and oxygen atoms in total. The van der Waals surface area contributed by atoms with E-state index in [0.717, 1.165) is 23.5 Å². The van der Waals surface area contributed by atoms with E-state index < -0.39 is 35.5 Å². The number of benzene rings is 1. The fourth-order valence-corrected chi connectivity index (χ4v) is 4.14. The van der Waals surface area contributed by atoms with Crippen LogP contribution in [-0.2, 0) is 15.8 Å². The van der Waals surface area contributed by atoms with Gasteiger partial charge in [0.25, 0.3) is 0 Å². The summed E-state index contributed by atoms with van der Waals surface area (Å²) < 4.78 is 38.9. The van der Waals surface area contributed by atoms with E-state index in [9.17, 15) is 28.0 Å². The average molecular weight is 423 g/mol. The normalized spacial score (nSPS) is 19.4. The molecule has 2 N–H and O–H groups in total. The molecule has 3 rings (SSSR count). The van der Waals surface area contributed by atoms with Gasteiger partial charge in [0, 0.05) is 11.5 Å². The van der Waals surface area contributed by atoms with Crippen LogP contribution in [0.1, 0.15) is 36.1 Å². The molecule has 0 spiro atoms. The Balaban J connectivity index is 1.81. The Morgan fingerprint density at radius 1 is 1.28 bits per heavy atom. The Hall–Kier alpha value is -2.93. The van der Waals surface area contributed by atoms with Crippen LogP contribution in [0.3, 0.4) is 0 Å². The number of anilines is 1. The van der Waals surface area contributed by atoms with Gasteiger partial charge in [0.1, 0.15) is 16.6 Å². The van der Waals surface area contributed by atoms with E-state index in [1.165, 1.54) is 12.1 Å². The molecule has 2 aromatic rings. The first-order valence-corrected chi connectivity index (χ1v) is 9.63. The highest BCUT2D eigenvalue weighted by Gasteiger charge is 2.32. The SMILES string of the molecule is N#Cc1sc(NC(=O)[C@H]2CCC[C@@H](C(=O)O)C2)nc1-c1cccc(C(F)(F)F)c1. The molecule has 0 radical (unpaired) electrons. The topological polar surface area (TPSA) is 103 Å². The Morgan fingerprint density at radius 2 is 2.00 bits per heavy atom. The quantitative estimate of drug-likeness (QED) is 0.752. The third kappa shape index (κ3) is 4.74. The van der Waals surface area contributed by atoms with Crippen molar-refractivity contribution in [1.29, 1.82) is 5.26 Å². The van der Waals surface area contributed by atoms with Gasteiger partial charge in [-0.05, 0) is 31.4 Å². The summed E-state index contributed by atoms with van der Waals surface area (Å²) in [5, 5.41) is 21.1. The molecule has 29 heavy (non-hydrogen) atoms. The fourth-order valence-electron chi connectivity index (χ4n) is 3.35. The summed E-state index contributed by atoms with van der Waals surface area (Å²) in [5.74, 6) is -2.40. The second kappa shape index (κ2) is 8.21. The Morgan fingerprint density at radius 3 is 2.66 bits per heavy atom. The zero-order valence-electron chi connectivity index (χ0n) is 15.0. The second-order valence-corrected chi connectivity index (χ2v) is 7.77. The van der Waals surface area contributed by atoms with E-state index in [1.54, 1.807) is 0 Å². The number of carbonyl (C=O) groups is 2. The number of nitrogens with zero attached hydrogens (tertiary/aromatic N) is 2. The van der Waals surface area contributed by atoms with Crippen molar-refractivity contribution in [3.05, 3.63) is 34.7 Å². The molecule has 0 saturated heterocycles. The standard InChI is InChI=1S/C19H16F3N3O3S/c20-19(21,22)13-6-2-3-10(8-13)15-14(9-23)29-18(24-15)25-16(26)11-4-1-5-12(7-11)17(27)28/h2-3,6,8,11-12H,1,4-5,7H2,(H,27,28)(H,24,25,26)/t11-,12+/m0/s1. The van der Waals surface area contributed by atoms with Crippen molar-refractivity contribution in [2.24, 2.45) is 11.8 Å². The molecule has 1 saturated carbocycles. The number of carboxylic acid groups (broad SMARTS) is 1. The van der Waals surface area contributed by atoms with Crippen LogP contribution in [0.15, 0.2) is 24.3 Å². The summed E-state index contributed by atoms with van der Waals surface area (Å²) in [5.41, 5.74) is -0.679. The molecule has 152 valence electrons. The molecule has 1 aromatic carbocycles. The van der Waals surface area contributed by atoms with Gasteiger partial charge in [-0.15, -0.1) is 0 Å². The first-order valence-electron chi connectivity index (χ1n) is 8.81. The van der Waals surface area contributed by atoms with Gasteiger partial charge in [0.2, 0.25) is 5.91 Å². The lowest BCUT2D eigenvalue weighted by atomic mass is 9.81. The van der Waals surface area contributed by atoms with Crippen LogP contribution in [0.2, 0.25) is 0 Å². The van der Waals surface area contributed by atoms with Crippen LogP contribution in [-0.4, -0.2) is 22.0 Å². The molecular weight excluding hydrogens is 407 g/mol. The van der Waals surface area contributed by atoms with E-state index in [0.29, 0.717) is 19.3 Å². The minimum atomic E-state index is -4.53. The molecule has 0 aliphatic heterocycles. The van der Waals surface area contributed by atoms with Crippen LogP contribution in [0.4, 0.5) is 18.3 Å². The number of aromatic nitrogens is 1. The summed E-state index contributed by atoms with van der Waals surface area (Å²) in [6.45, 7) is 0. The number of amides is 1. The monoisotopic (exact) mass is 423 g/mol. The molecule has 0 bridgehead atoms. The fraction of sp³-hybridized carbons (Fsp3) is 0.368. The van der Waals surface area contributed by atoms with Gasteiger partial charge >= 0.3 is 12.1 Å². The second-order valence-electron chi connectivity index (χ2n) is 6.78. The van der Waals surface area contributed by atoms with Gasteiger partial charge < -0.3 is 10.4 Å². The van der Waals surface area contributed by atoms with Crippen molar-refractivity contribution in [2.45, 2.75) is 31.9 Å². The minimum Gasteiger partial charge on any atom is -0.481 e. The van der Waals surface area contributed by atoms with Crippen LogP contribution in [0.5, 0.6) is 0 Å². The molecular formula is C19H16F3N3O3S. The number of thiazole rings is 1. The minimum absolute atomic E-state index is 0.0611. The van der Waals surface area contributed by atoms with Crippen LogP contribution < -0.4 is 5.32 Å². The number of hydrogen-bond donors (Lipinski definition) is 2. The number of rotatable bonds is 4. The largest absolute Gasteiger partial charge is 0.481 e. The number of alkyl halides is 3. The number of nitrogens with one attached hydrogen (secondary N) is 1. The maximum atomic E-state index is 13.0. The predicted octanol–water partition coefficient (Wildman–Crippen LogP) is 4.53. The molecule has 1 aliphatic rings. The summed E-state index contributed by atoms with van der Waals surface area (Å²) in [7, 11) is 0. The summed E-state index contributed by atoms with van der Waals surface area (Å²) in [6.07, 6.45) is -2.62. The highest BCUT2D eigenvalue weighted by atomic mass is 32.1. The lowest BCUT2D eigenvalue weighted by Gasteiger charge is -2.25. The van der Waals surface area contributed by atoms with Gasteiger partial charge in [-0.3, -0.25) is 9.59 Å². The molecule has 1 aromatic heterocycles. The molecule has 1 aliphatic carbocycles. The van der Waals surface area contributed by atoms with E-state index in [4.69, 9.17) is 5.11 Å². The first-order chi connectivity index (χ1) is 13.7. The average Bonchev–Trinajstić information content (AvgIpc) is 3.10. The number of carboxylic acids is 1. The van der Waals surface area contributed by atoms with Crippen molar-refractivity contribution >= 4 is 28.3 Å². The van der Waals surface area contributed by atoms with Crippen LogP contribution in [0.25, 0.3) is 11.3 Å². The van der Waals surface area contributed by atoms with Crippen molar-refractivity contribution in [1.82, 2.24) is 4.98 Å². The molecule has 2 atom stereocenters. The van der Waals surface area contributed by atoms with Gasteiger partial charge in [-0.25, -0.2) is 4.98 Å². The number of aliphatic carboxylic acids is 1. The molecule has 1 fully saturated rings. The van der Waals surface area contributed by atoms with Crippen molar-refractivity contribution in [2.75, 3.05) is 5.32 Å². The van der Waals surface area contributed by atoms with Gasteiger partial charge in [-0.1, -0.05) is 29.9 Å². The maximum absolute atomic E-state index is 13.0. The van der Waals surface area contributed by atoms with Crippen molar-refractivity contribution < 1.29 is 27.9 Å². The zero-order chi connectivity index (χ0) is 21.2. The summed E-state index contributed by atoms with van der Waals surface area (Å²) in [6, 6.07) is 6.36.